The second-order valence-corrected chi connectivity index (χ2v) is 6.31. The molecule has 4 nitrogen and oxygen atoms in total. The van der Waals surface area contributed by atoms with Crippen molar-refractivity contribution >= 4 is 28.1 Å². The van der Waals surface area contributed by atoms with Crippen LogP contribution in [-0.4, -0.2) is 15.4 Å². The van der Waals surface area contributed by atoms with E-state index in [-0.39, 0.29) is 6.04 Å². The molecule has 0 aliphatic carbocycles. The topological polar surface area (TPSA) is 56.5 Å². The molecule has 0 fully saturated rings. The minimum atomic E-state index is 0.128. The average molecular weight is 293 g/mol. The SMILES string of the molecule is CC(N)Cc1c(SCc2ccco2)nc2sccn12. The molecule has 100 valence electrons. The Bertz CT molecular complexity index is 655. The van der Waals surface area contributed by atoms with E-state index in [2.05, 4.69) is 15.6 Å². The molecule has 0 aliphatic rings. The number of fused-ring (bicyclic) bond motifs is 1. The van der Waals surface area contributed by atoms with Gasteiger partial charge in [0.25, 0.3) is 0 Å². The first kappa shape index (κ1) is 12.8. The van der Waals surface area contributed by atoms with Gasteiger partial charge < -0.3 is 10.2 Å². The minimum Gasteiger partial charge on any atom is -0.468 e. The summed E-state index contributed by atoms with van der Waals surface area (Å²) in [4.78, 5) is 5.70. The number of thiazole rings is 1. The van der Waals surface area contributed by atoms with Crippen LogP contribution >= 0.6 is 23.1 Å². The van der Waals surface area contributed by atoms with E-state index in [9.17, 15) is 0 Å². The van der Waals surface area contributed by atoms with Crippen LogP contribution in [0.4, 0.5) is 0 Å². The lowest BCUT2D eigenvalue weighted by Crippen LogP contribution is -2.19. The van der Waals surface area contributed by atoms with Gasteiger partial charge in [-0.1, -0.05) is 11.8 Å². The normalized spacial score (nSPS) is 13.2. The maximum absolute atomic E-state index is 5.94. The maximum Gasteiger partial charge on any atom is 0.194 e. The van der Waals surface area contributed by atoms with Crippen molar-refractivity contribution in [3.05, 3.63) is 41.4 Å². The molecule has 1 atom stereocenters. The number of aromatic nitrogens is 2. The maximum atomic E-state index is 5.94. The Morgan fingerprint density at radius 1 is 1.58 bits per heavy atom. The van der Waals surface area contributed by atoms with Gasteiger partial charge in [-0.3, -0.25) is 4.40 Å². The van der Waals surface area contributed by atoms with Crippen molar-refractivity contribution in [3.63, 3.8) is 0 Å². The van der Waals surface area contributed by atoms with Crippen LogP contribution in [0.1, 0.15) is 18.4 Å². The number of nitrogens with zero attached hydrogens (tertiary/aromatic N) is 2. The molecule has 0 saturated carbocycles. The van der Waals surface area contributed by atoms with Gasteiger partial charge in [0.15, 0.2) is 4.96 Å². The molecule has 0 amide bonds. The Hall–Kier alpha value is -1.24. The van der Waals surface area contributed by atoms with Crippen LogP contribution in [0.3, 0.4) is 0 Å². The molecule has 0 aromatic carbocycles. The van der Waals surface area contributed by atoms with Crippen molar-refractivity contribution < 1.29 is 4.42 Å². The van der Waals surface area contributed by atoms with Gasteiger partial charge in [0.1, 0.15) is 10.8 Å². The third kappa shape index (κ3) is 2.70. The van der Waals surface area contributed by atoms with Crippen molar-refractivity contribution in [2.24, 2.45) is 5.73 Å². The van der Waals surface area contributed by atoms with Crippen molar-refractivity contribution in [2.45, 2.75) is 30.2 Å². The van der Waals surface area contributed by atoms with Crippen LogP contribution in [0.2, 0.25) is 0 Å². The first-order valence-corrected chi connectivity index (χ1v) is 7.96. The molecule has 2 N–H and O–H groups in total. The van der Waals surface area contributed by atoms with Gasteiger partial charge in [-0.05, 0) is 19.1 Å². The first-order chi connectivity index (χ1) is 9.24. The molecule has 3 aromatic heterocycles. The second kappa shape index (κ2) is 5.40. The lowest BCUT2D eigenvalue weighted by molar-refractivity contribution is 0.530. The molecule has 3 aromatic rings. The summed E-state index contributed by atoms with van der Waals surface area (Å²) >= 11 is 3.35. The van der Waals surface area contributed by atoms with Gasteiger partial charge in [0.2, 0.25) is 0 Å². The van der Waals surface area contributed by atoms with Crippen molar-refractivity contribution in [1.29, 1.82) is 0 Å². The zero-order valence-corrected chi connectivity index (χ0v) is 12.2. The summed E-state index contributed by atoms with van der Waals surface area (Å²) in [5, 5.41) is 3.11. The van der Waals surface area contributed by atoms with Crippen molar-refractivity contribution in [3.8, 4) is 0 Å². The lowest BCUT2D eigenvalue weighted by atomic mass is 10.2. The third-order valence-electron chi connectivity index (χ3n) is 2.77. The quantitative estimate of drug-likeness (QED) is 0.734. The van der Waals surface area contributed by atoms with E-state index in [1.54, 1.807) is 29.4 Å². The fourth-order valence-corrected chi connectivity index (χ4v) is 3.69. The number of hydrogen-bond acceptors (Lipinski definition) is 5. The number of nitrogens with two attached hydrogens (primary N) is 1. The molecule has 0 bridgehead atoms. The van der Waals surface area contributed by atoms with E-state index in [0.29, 0.717) is 0 Å². The second-order valence-electron chi connectivity index (χ2n) is 4.47. The molecule has 0 radical (unpaired) electrons. The van der Waals surface area contributed by atoms with Crippen LogP contribution in [0, 0.1) is 0 Å². The Labute approximate surface area is 119 Å². The van der Waals surface area contributed by atoms with E-state index in [1.807, 2.05) is 24.4 Å². The summed E-state index contributed by atoms with van der Waals surface area (Å²) in [6, 6.07) is 4.02. The molecule has 0 saturated heterocycles. The number of hydrogen-bond donors (Lipinski definition) is 1. The van der Waals surface area contributed by atoms with Gasteiger partial charge in [-0.2, -0.15) is 0 Å². The number of rotatable bonds is 5. The van der Waals surface area contributed by atoms with Gasteiger partial charge in [0, 0.05) is 24.0 Å². The molecule has 3 heterocycles. The summed E-state index contributed by atoms with van der Waals surface area (Å²) in [6.07, 6.45) is 4.59. The van der Waals surface area contributed by atoms with Gasteiger partial charge in [-0.15, -0.1) is 11.3 Å². The molecule has 3 rings (SSSR count). The number of thioether (sulfide) groups is 1. The van der Waals surface area contributed by atoms with Crippen LogP contribution in [0.15, 0.2) is 39.4 Å². The van der Waals surface area contributed by atoms with Gasteiger partial charge in [0.05, 0.1) is 17.7 Å². The van der Waals surface area contributed by atoms with Crippen LogP contribution in [-0.2, 0) is 12.2 Å². The van der Waals surface area contributed by atoms with E-state index < -0.39 is 0 Å². The van der Waals surface area contributed by atoms with E-state index in [4.69, 9.17) is 10.2 Å². The monoisotopic (exact) mass is 293 g/mol. The van der Waals surface area contributed by atoms with Gasteiger partial charge in [-0.25, -0.2) is 4.98 Å². The fraction of sp³-hybridized carbons (Fsp3) is 0.308. The highest BCUT2D eigenvalue weighted by atomic mass is 32.2. The number of imidazole rings is 1. The number of furan rings is 1. The largest absolute Gasteiger partial charge is 0.468 e. The predicted molar refractivity (Wildman–Crippen MR) is 78.7 cm³/mol. The van der Waals surface area contributed by atoms with Crippen LogP contribution < -0.4 is 5.73 Å². The Morgan fingerprint density at radius 3 is 3.21 bits per heavy atom. The summed E-state index contributed by atoms with van der Waals surface area (Å²) in [5.41, 5.74) is 7.13. The summed E-state index contributed by atoms with van der Waals surface area (Å²) < 4.78 is 7.49. The fourth-order valence-electron chi connectivity index (χ4n) is 1.95. The standard InChI is InChI=1S/C13H15N3OS2/c1-9(14)7-11-12(15-13-16(11)4-6-18-13)19-8-10-3-2-5-17-10/h2-6,9H,7-8,14H2,1H3. The molecule has 0 aliphatic heterocycles. The molecular weight excluding hydrogens is 278 g/mol. The minimum absolute atomic E-state index is 0.128. The molecule has 6 heteroatoms. The average Bonchev–Trinajstić information content (AvgIpc) is 3.05. The Kier molecular flexibility index (Phi) is 3.63. The molecular formula is C13H15N3OS2. The van der Waals surface area contributed by atoms with Crippen molar-refractivity contribution in [2.75, 3.05) is 0 Å². The highest BCUT2D eigenvalue weighted by Crippen LogP contribution is 2.29. The summed E-state index contributed by atoms with van der Waals surface area (Å²) in [5.74, 6) is 1.76. The molecule has 19 heavy (non-hydrogen) atoms. The highest BCUT2D eigenvalue weighted by Gasteiger charge is 2.15. The van der Waals surface area contributed by atoms with E-state index in [0.717, 1.165) is 27.9 Å². The highest BCUT2D eigenvalue weighted by molar-refractivity contribution is 7.98. The third-order valence-corrected chi connectivity index (χ3v) is 4.56. The lowest BCUT2D eigenvalue weighted by Gasteiger charge is -2.06. The smallest absolute Gasteiger partial charge is 0.194 e. The van der Waals surface area contributed by atoms with Gasteiger partial charge >= 0.3 is 0 Å². The molecule has 1 unspecified atom stereocenters. The van der Waals surface area contributed by atoms with E-state index in [1.165, 1.54) is 5.69 Å². The Balaban J connectivity index is 1.86. The summed E-state index contributed by atoms with van der Waals surface area (Å²) in [6.45, 7) is 2.02. The van der Waals surface area contributed by atoms with Crippen molar-refractivity contribution in [1.82, 2.24) is 9.38 Å². The van der Waals surface area contributed by atoms with E-state index >= 15 is 0 Å². The first-order valence-electron chi connectivity index (χ1n) is 6.09. The zero-order chi connectivity index (χ0) is 13.2. The summed E-state index contributed by atoms with van der Waals surface area (Å²) in [7, 11) is 0. The predicted octanol–water partition coefficient (Wildman–Crippen LogP) is 3.17. The zero-order valence-electron chi connectivity index (χ0n) is 10.6. The Morgan fingerprint density at radius 2 is 2.47 bits per heavy atom. The molecule has 0 spiro atoms. The van der Waals surface area contributed by atoms with Crippen LogP contribution in [0.5, 0.6) is 0 Å². The van der Waals surface area contributed by atoms with Crippen LogP contribution in [0.25, 0.3) is 4.96 Å².